The predicted octanol–water partition coefficient (Wildman–Crippen LogP) is 2.79. The highest BCUT2D eigenvalue weighted by Gasteiger charge is 2.21. The number of anilines is 3. The van der Waals surface area contributed by atoms with E-state index < -0.39 is 30.0 Å². The second-order valence-electron chi connectivity index (χ2n) is 6.37. The Morgan fingerprint density at radius 2 is 1.86 bits per heavy atom. The highest BCUT2D eigenvalue weighted by atomic mass is 19.1. The molecule has 6 nitrogen and oxygen atoms in total. The summed E-state index contributed by atoms with van der Waals surface area (Å²) in [7, 11) is 0. The molecule has 2 amide bonds. The van der Waals surface area contributed by atoms with Crippen molar-refractivity contribution in [1.29, 1.82) is 0 Å². The highest BCUT2D eigenvalue weighted by molar-refractivity contribution is 6.03. The number of amides is 2. The van der Waals surface area contributed by atoms with E-state index >= 15 is 0 Å². The van der Waals surface area contributed by atoms with Gasteiger partial charge in [0.2, 0.25) is 11.8 Å². The topological polar surface area (TPSA) is 61.9 Å². The average Bonchev–Trinajstić information content (AvgIpc) is 2.67. The summed E-state index contributed by atoms with van der Waals surface area (Å²) in [5.74, 6) is -2.67. The summed E-state index contributed by atoms with van der Waals surface area (Å²) in [4.78, 5) is 27.6. The summed E-state index contributed by atoms with van der Waals surface area (Å²) in [5, 5.41) is 2.78. The van der Waals surface area contributed by atoms with Crippen LogP contribution in [0, 0.1) is 11.6 Å². The molecule has 0 bridgehead atoms. The van der Waals surface area contributed by atoms with Crippen LogP contribution in [0.4, 0.5) is 25.8 Å². The quantitative estimate of drug-likeness (QED) is 0.854. The molecule has 1 fully saturated rings. The lowest BCUT2D eigenvalue weighted by Crippen LogP contribution is -2.38. The van der Waals surface area contributed by atoms with Crippen molar-refractivity contribution in [2.24, 2.45) is 0 Å². The van der Waals surface area contributed by atoms with Crippen LogP contribution >= 0.6 is 0 Å². The van der Waals surface area contributed by atoms with Crippen LogP contribution in [-0.4, -0.2) is 44.7 Å². The maximum absolute atomic E-state index is 14.1. The Labute approximate surface area is 161 Å². The van der Waals surface area contributed by atoms with Crippen LogP contribution in [0.5, 0.6) is 0 Å². The summed E-state index contributed by atoms with van der Waals surface area (Å²) < 4.78 is 32.6. The van der Waals surface area contributed by atoms with Gasteiger partial charge in [-0.2, -0.15) is 0 Å². The molecule has 0 aromatic heterocycles. The molecule has 148 valence electrons. The van der Waals surface area contributed by atoms with Gasteiger partial charge in [0.05, 0.1) is 30.3 Å². The zero-order valence-electron chi connectivity index (χ0n) is 15.5. The fourth-order valence-corrected chi connectivity index (χ4v) is 3.06. The Morgan fingerprint density at radius 1 is 1.14 bits per heavy atom. The number of para-hydroxylation sites is 2. The number of rotatable bonds is 5. The van der Waals surface area contributed by atoms with E-state index in [0.717, 1.165) is 22.7 Å². The van der Waals surface area contributed by atoms with Crippen LogP contribution in [0.15, 0.2) is 42.5 Å². The van der Waals surface area contributed by atoms with Crippen LogP contribution in [-0.2, 0) is 14.3 Å². The van der Waals surface area contributed by atoms with E-state index in [1.165, 1.54) is 6.92 Å². The zero-order valence-corrected chi connectivity index (χ0v) is 15.5. The monoisotopic (exact) mass is 389 g/mol. The molecular formula is C20H21F2N3O3. The third-order valence-corrected chi connectivity index (χ3v) is 4.41. The van der Waals surface area contributed by atoms with E-state index in [1.807, 2.05) is 12.1 Å². The lowest BCUT2D eigenvalue weighted by molar-refractivity contribution is -0.120. The van der Waals surface area contributed by atoms with Gasteiger partial charge in [0.25, 0.3) is 0 Å². The first kappa shape index (κ1) is 19.8. The van der Waals surface area contributed by atoms with Crippen LogP contribution in [0.1, 0.15) is 6.92 Å². The molecule has 1 saturated heterocycles. The molecule has 0 saturated carbocycles. The number of nitrogens with one attached hydrogen (secondary N) is 1. The van der Waals surface area contributed by atoms with Crippen molar-refractivity contribution in [2.45, 2.75) is 6.92 Å². The molecule has 3 rings (SSSR count). The Morgan fingerprint density at radius 3 is 2.54 bits per heavy atom. The van der Waals surface area contributed by atoms with Crippen LogP contribution in [0.3, 0.4) is 0 Å². The van der Waals surface area contributed by atoms with Crippen molar-refractivity contribution in [3.05, 3.63) is 54.1 Å². The normalized spacial score (nSPS) is 13.9. The maximum Gasteiger partial charge on any atom is 0.244 e. The minimum Gasteiger partial charge on any atom is -0.378 e. The van der Waals surface area contributed by atoms with Crippen molar-refractivity contribution in [2.75, 3.05) is 48.0 Å². The molecule has 1 heterocycles. The van der Waals surface area contributed by atoms with E-state index in [-0.39, 0.29) is 5.69 Å². The summed E-state index contributed by atoms with van der Waals surface area (Å²) in [6, 6.07) is 10.2. The summed E-state index contributed by atoms with van der Waals surface area (Å²) in [6.07, 6.45) is 0. The third kappa shape index (κ3) is 4.64. The molecule has 1 aliphatic heterocycles. The Kier molecular flexibility index (Phi) is 6.20. The van der Waals surface area contributed by atoms with Crippen molar-refractivity contribution < 1.29 is 23.1 Å². The molecular weight excluding hydrogens is 368 g/mol. The molecule has 0 atom stereocenters. The van der Waals surface area contributed by atoms with Gasteiger partial charge in [0, 0.05) is 26.1 Å². The van der Waals surface area contributed by atoms with E-state index in [0.29, 0.717) is 38.1 Å². The zero-order chi connectivity index (χ0) is 20.1. The minimum atomic E-state index is -0.906. The number of carbonyl (C=O) groups is 2. The first-order valence-electron chi connectivity index (χ1n) is 8.90. The number of carbonyl (C=O) groups excluding carboxylic acids is 2. The SMILES string of the molecule is CC(=O)N(CC(=O)Nc1ccccc1N1CCOCC1)c1ccc(F)cc1F. The highest BCUT2D eigenvalue weighted by Crippen LogP contribution is 2.27. The number of benzene rings is 2. The van der Waals surface area contributed by atoms with E-state index in [2.05, 4.69) is 10.2 Å². The molecule has 0 unspecified atom stereocenters. The van der Waals surface area contributed by atoms with Gasteiger partial charge in [-0.1, -0.05) is 12.1 Å². The fourth-order valence-electron chi connectivity index (χ4n) is 3.06. The lowest BCUT2D eigenvalue weighted by Gasteiger charge is -2.30. The van der Waals surface area contributed by atoms with Gasteiger partial charge in [-0.3, -0.25) is 9.59 Å². The third-order valence-electron chi connectivity index (χ3n) is 4.41. The van der Waals surface area contributed by atoms with Gasteiger partial charge in [-0.05, 0) is 24.3 Å². The Balaban J connectivity index is 1.76. The van der Waals surface area contributed by atoms with Crippen molar-refractivity contribution >= 4 is 28.9 Å². The Hall–Kier alpha value is -3.00. The van der Waals surface area contributed by atoms with Gasteiger partial charge < -0.3 is 19.9 Å². The molecule has 0 aliphatic carbocycles. The van der Waals surface area contributed by atoms with Gasteiger partial charge >= 0.3 is 0 Å². The molecule has 1 aliphatic rings. The molecule has 8 heteroatoms. The largest absolute Gasteiger partial charge is 0.378 e. The van der Waals surface area contributed by atoms with Crippen LogP contribution < -0.4 is 15.1 Å². The summed E-state index contributed by atoms with van der Waals surface area (Å²) >= 11 is 0. The fraction of sp³-hybridized carbons (Fsp3) is 0.300. The first-order chi connectivity index (χ1) is 13.5. The number of hydrogen-bond acceptors (Lipinski definition) is 4. The van der Waals surface area contributed by atoms with Crippen LogP contribution in [0.25, 0.3) is 0 Å². The number of hydrogen-bond donors (Lipinski definition) is 1. The van der Waals surface area contributed by atoms with Crippen LogP contribution in [0.2, 0.25) is 0 Å². The second-order valence-corrected chi connectivity index (χ2v) is 6.37. The number of ether oxygens (including phenoxy) is 1. The minimum absolute atomic E-state index is 0.148. The standard InChI is InChI=1S/C20H21F2N3O3/c1-14(26)25(18-7-6-15(21)12-16(18)22)13-20(27)23-17-4-2-3-5-19(17)24-8-10-28-11-9-24/h2-7,12H,8-11,13H2,1H3,(H,23,27). The average molecular weight is 389 g/mol. The van der Waals surface area contributed by atoms with Crippen molar-refractivity contribution in [3.63, 3.8) is 0 Å². The van der Waals surface area contributed by atoms with E-state index in [9.17, 15) is 18.4 Å². The molecule has 28 heavy (non-hydrogen) atoms. The number of nitrogens with zero attached hydrogens (tertiary/aromatic N) is 2. The van der Waals surface area contributed by atoms with Gasteiger partial charge in [0.1, 0.15) is 18.2 Å². The van der Waals surface area contributed by atoms with Gasteiger partial charge in [-0.25, -0.2) is 8.78 Å². The molecule has 2 aromatic rings. The molecule has 0 radical (unpaired) electrons. The summed E-state index contributed by atoms with van der Waals surface area (Å²) in [5.41, 5.74) is 1.30. The second kappa shape index (κ2) is 8.79. The maximum atomic E-state index is 14.1. The van der Waals surface area contributed by atoms with E-state index in [4.69, 9.17) is 4.74 Å². The Bertz CT molecular complexity index is 870. The molecule has 2 aromatic carbocycles. The van der Waals surface area contributed by atoms with Gasteiger partial charge in [0.15, 0.2) is 0 Å². The molecule has 1 N–H and O–H groups in total. The van der Waals surface area contributed by atoms with Crippen molar-refractivity contribution in [1.82, 2.24) is 0 Å². The summed E-state index contributed by atoms with van der Waals surface area (Å²) in [6.45, 7) is 3.43. The smallest absolute Gasteiger partial charge is 0.244 e. The molecule has 0 spiro atoms. The first-order valence-corrected chi connectivity index (χ1v) is 8.90. The van der Waals surface area contributed by atoms with Crippen molar-refractivity contribution in [3.8, 4) is 0 Å². The number of halogens is 2. The lowest BCUT2D eigenvalue weighted by atomic mass is 10.2. The number of morpholine rings is 1. The van der Waals surface area contributed by atoms with Gasteiger partial charge in [-0.15, -0.1) is 0 Å². The predicted molar refractivity (Wildman–Crippen MR) is 102 cm³/mol. The van der Waals surface area contributed by atoms with E-state index in [1.54, 1.807) is 12.1 Å².